The lowest BCUT2D eigenvalue weighted by Crippen LogP contribution is -2.18. The number of thiophene rings is 1. The third kappa shape index (κ3) is 2.60. The van der Waals surface area contributed by atoms with Gasteiger partial charge in [0.25, 0.3) is 5.56 Å². The largest absolute Gasteiger partial charge is 0.497 e. The van der Waals surface area contributed by atoms with Gasteiger partial charge in [-0.25, -0.2) is 15.0 Å². The predicted molar refractivity (Wildman–Crippen MR) is 98.9 cm³/mol. The molecule has 4 rings (SSSR count). The van der Waals surface area contributed by atoms with Gasteiger partial charge < -0.3 is 10.1 Å². The summed E-state index contributed by atoms with van der Waals surface area (Å²) in [4.78, 5) is 26.4. The number of rotatable bonds is 4. The molecule has 126 valence electrons. The molecule has 4 aromatic rings. The van der Waals surface area contributed by atoms with E-state index in [1.54, 1.807) is 18.0 Å². The molecule has 0 amide bonds. The van der Waals surface area contributed by atoms with Crippen LogP contribution < -0.4 is 15.6 Å². The predicted octanol–water partition coefficient (Wildman–Crippen LogP) is 3.17. The van der Waals surface area contributed by atoms with Crippen LogP contribution in [-0.4, -0.2) is 26.6 Å². The van der Waals surface area contributed by atoms with Crippen LogP contribution in [0.2, 0.25) is 0 Å². The molecule has 0 aliphatic rings. The van der Waals surface area contributed by atoms with E-state index in [-0.39, 0.29) is 5.56 Å². The molecule has 0 radical (unpaired) electrons. The fourth-order valence-corrected chi connectivity index (χ4v) is 3.67. The lowest BCUT2D eigenvalue weighted by molar-refractivity contribution is 0.415. The summed E-state index contributed by atoms with van der Waals surface area (Å²) in [6.45, 7) is 2.50. The summed E-state index contributed by atoms with van der Waals surface area (Å²) in [6, 6.07) is 7.53. The molecule has 3 aromatic heterocycles. The van der Waals surface area contributed by atoms with E-state index in [2.05, 4.69) is 20.3 Å². The highest BCUT2D eigenvalue weighted by atomic mass is 32.1. The minimum absolute atomic E-state index is 0.0501. The number of anilines is 2. The number of hydrogen-bond donors (Lipinski definition) is 1. The molecule has 0 bridgehead atoms. The van der Waals surface area contributed by atoms with Crippen LogP contribution in [0.1, 0.15) is 6.92 Å². The first-order valence-corrected chi connectivity index (χ1v) is 8.56. The van der Waals surface area contributed by atoms with E-state index in [9.17, 15) is 4.79 Å². The highest BCUT2D eigenvalue weighted by Crippen LogP contribution is 2.34. The van der Waals surface area contributed by atoms with Crippen molar-refractivity contribution in [3.8, 4) is 5.75 Å². The average Bonchev–Trinajstić information content (AvgIpc) is 3.03. The van der Waals surface area contributed by atoms with Crippen molar-refractivity contribution in [3.63, 3.8) is 0 Å². The summed E-state index contributed by atoms with van der Waals surface area (Å²) in [7, 11) is 1.63. The number of aryl methyl sites for hydroxylation is 1. The van der Waals surface area contributed by atoms with Crippen molar-refractivity contribution in [2.75, 3.05) is 12.4 Å². The number of fused-ring (bicyclic) bond motifs is 3. The normalized spacial score (nSPS) is 11.1. The van der Waals surface area contributed by atoms with Crippen molar-refractivity contribution in [2.45, 2.75) is 13.5 Å². The van der Waals surface area contributed by atoms with Crippen molar-refractivity contribution < 1.29 is 4.74 Å². The Morgan fingerprint density at radius 3 is 2.72 bits per heavy atom. The van der Waals surface area contributed by atoms with Crippen LogP contribution in [0.25, 0.3) is 20.4 Å². The molecule has 0 unspecified atom stereocenters. The Balaban J connectivity index is 1.87. The number of nitrogens with zero attached hydrogens (tertiary/aromatic N) is 4. The van der Waals surface area contributed by atoms with Gasteiger partial charge in [-0.15, -0.1) is 11.3 Å². The topological polar surface area (TPSA) is 81.9 Å². The molecule has 1 aromatic carbocycles. The zero-order valence-electron chi connectivity index (χ0n) is 13.7. The lowest BCUT2D eigenvalue weighted by atomic mass is 10.2. The van der Waals surface area contributed by atoms with Crippen LogP contribution in [0.4, 0.5) is 11.5 Å². The van der Waals surface area contributed by atoms with Gasteiger partial charge in [0.1, 0.15) is 32.9 Å². The Bertz CT molecular complexity index is 1120. The second-order valence-electron chi connectivity index (χ2n) is 5.37. The number of ether oxygens (including phenoxy) is 1. The fourth-order valence-electron chi connectivity index (χ4n) is 2.63. The first-order chi connectivity index (χ1) is 12.2. The van der Waals surface area contributed by atoms with Crippen molar-refractivity contribution >= 4 is 43.3 Å². The molecule has 7 nitrogen and oxygen atoms in total. The Labute approximate surface area is 147 Å². The molecular formula is C17H15N5O2S. The third-order valence-corrected chi connectivity index (χ3v) is 5.01. The Morgan fingerprint density at radius 1 is 1.20 bits per heavy atom. The maximum absolute atomic E-state index is 12.5. The van der Waals surface area contributed by atoms with Crippen molar-refractivity contribution in [1.82, 2.24) is 19.5 Å². The summed E-state index contributed by atoms with van der Waals surface area (Å²) >= 11 is 1.34. The van der Waals surface area contributed by atoms with E-state index in [0.29, 0.717) is 22.6 Å². The molecule has 25 heavy (non-hydrogen) atoms. The SMILES string of the molecule is CCn1cnc2c(sc3ncnc(Nc4ccc(OC)cc4)c32)c1=O. The van der Waals surface area contributed by atoms with Crippen molar-refractivity contribution in [3.05, 3.63) is 47.3 Å². The van der Waals surface area contributed by atoms with E-state index < -0.39 is 0 Å². The minimum Gasteiger partial charge on any atom is -0.497 e. The van der Waals surface area contributed by atoms with Gasteiger partial charge in [0.05, 0.1) is 18.8 Å². The van der Waals surface area contributed by atoms with Crippen LogP contribution in [0.3, 0.4) is 0 Å². The van der Waals surface area contributed by atoms with Gasteiger partial charge in [0.2, 0.25) is 0 Å². The van der Waals surface area contributed by atoms with Crippen LogP contribution >= 0.6 is 11.3 Å². The number of aromatic nitrogens is 4. The van der Waals surface area contributed by atoms with Crippen LogP contribution in [0.15, 0.2) is 41.7 Å². The standard InChI is InChI=1S/C17H15N5O2S/c1-3-22-9-20-13-12-15(21-10-4-6-11(24-2)7-5-10)18-8-19-16(12)25-14(13)17(22)23/h4-9H,3H2,1-2H3,(H,18,19,21). The molecule has 0 fully saturated rings. The van der Waals surface area contributed by atoms with E-state index in [0.717, 1.165) is 21.7 Å². The fraction of sp³-hybridized carbons (Fsp3) is 0.176. The highest BCUT2D eigenvalue weighted by Gasteiger charge is 2.16. The van der Waals surface area contributed by atoms with Crippen LogP contribution in [-0.2, 0) is 6.54 Å². The molecule has 0 atom stereocenters. The van der Waals surface area contributed by atoms with E-state index in [1.165, 1.54) is 17.7 Å². The Hall–Kier alpha value is -3.00. The quantitative estimate of drug-likeness (QED) is 0.607. The van der Waals surface area contributed by atoms with Crippen LogP contribution in [0, 0.1) is 0 Å². The second-order valence-corrected chi connectivity index (χ2v) is 6.37. The highest BCUT2D eigenvalue weighted by molar-refractivity contribution is 7.25. The minimum atomic E-state index is -0.0501. The molecule has 1 N–H and O–H groups in total. The van der Waals surface area contributed by atoms with Crippen molar-refractivity contribution in [1.29, 1.82) is 0 Å². The van der Waals surface area contributed by atoms with Gasteiger partial charge in [0, 0.05) is 12.2 Å². The summed E-state index contributed by atoms with van der Waals surface area (Å²) in [5.74, 6) is 1.41. The number of nitrogens with one attached hydrogen (secondary N) is 1. The smallest absolute Gasteiger partial charge is 0.271 e. The monoisotopic (exact) mass is 353 g/mol. The molecule has 0 aliphatic heterocycles. The zero-order valence-corrected chi connectivity index (χ0v) is 14.5. The van der Waals surface area contributed by atoms with Gasteiger partial charge in [-0.3, -0.25) is 9.36 Å². The average molecular weight is 353 g/mol. The summed E-state index contributed by atoms with van der Waals surface area (Å²) in [6.07, 6.45) is 3.06. The first kappa shape index (κ1) is 15.5. The van der Waals surface area contributed by atoms with E-state index in [4.69, 9.17) is 4.74 Å². The second kappa shape index (κ2) is 6.14. The maximum Gasteiger partial charge on any atom is 0.271 e. The molecule has 0 aliphatic carbocycles. The summed E-state index contributed by atoms with van der Waals surface area (Å²) in [5, 5.41) is 4.04. The Morgan fingerprint density at radius 2 is 2.00 bits per heavy atom. The first-order valence-electron chi connectivity index (χ1n) is 7.75. The van der Waals surface area contributed by atoms with Gasteiger partial charge >= 0.3 is 0 Å². The van der Waals surface area contributed by atoms with E-state index >= 15 is 0 Å². The number of benzene rings is 1. The molecule has 0 spiro atoms. The van der Waals surface area contributed by atoms with Gasteiger partial charge in [-0.1, -0.05) is 0 Å². The third-order valence-electron chi connectivity index (χ3n) is 3.94. The van der Waals surface area contributed by atoms with Gasteiger partial charge in [-0.05, 0) is 31.2 Å². The van der Waals surface area contributed by atoms with Crippen molar-refractivity contribution in [2.24, 2.45) is 0 Å². The maximum atomic E-state index is 12.5. The molecular weight excluding hydrogens is 338 g/mol. The molecule has 0 saturated carbocycles. The Kier molecular flexibility index (Phi) is 3.81. The molecule has 8 heteroatoms. The summed E-state index contributed by atoms with van der Waals surface area (Å²) < 4.78 is 7.35. The van der Waals surface area contributed by atoms with Crippen LogP contribution in [0.5, 0.6) is 5.75 Å². The van der Waals surface area contributed by atoms with E-state index in [1.807, 2.05) is 31.2 Å². The number of hydrogen-bond acceptors (Lipinski definition) is 7. The summed E-state index contributed by atoms with van der Waals surface area (Å²) in [5.41, 5.74) is 1.44. The van der Waals surface area contributed by atoms with Gasteiger partial charge in [0.15, 0.2) is 0 Å². The number of methoxy groups -OCH3 is 1. The lowest BCUT2D eigenvalue weighted by Gasteiger charge is -2.07. The molecule has 3 heterocycles. The molecule has 0 saturated heterocycles. The van der Waals surface area contributed by atoms with Gasteiger partial charge in [-0.2, -0.15) is 0 Å². The zero-order chi connectivity index (χ0) is 17.4.